The molecule has 0 aliphatic heterocycles. The fourth-order valence-corrected chi connectivity index (χ4v) is 2.07. The lowest BCUT2D eigenvalue weighted by Crippen LogP contribution is -1.98. The van der Waals surface area contributed by atoms with E-state index in [9.17, 15) is 13.6 Å². The SMILES string of the molecule is Cc1sc(C(=O)O)c(C(F)F)c1C. The van der Waals surface area contributed by atoms with Gasteiger partial charge in [0.1, 0.15) is 4.88 Å². The van der Waals surface area contributed by atoms with Crippen molar-refractivity contribution in [1.82, 2.24) is 0 Å². The van der Waals surface area contributed by atoms with Crippen molar-refractivity contribution in [2.24, 2.45) is 0 Å². The molecular formula is C8H8F2O2S. The number of aromatic carboxylic acids is 1. The standard InChI is InChI=1S/C8H8F2O2S/c1-3-4(2)13-6(8(11)12)5(3)7(9)10/h7H,1-2H3,(H,11,12). The number of halogens is 2. The first-order valence-electron chi connectivity index (χ1n) is 3.56. The molecule has 0 unspecified atom stereocenters. The van der Waals surface area contributed by atoms with Crippen molar-refractivity contribution in [3.63, 3.8) is 0 Å². The van der Waals surface area contributed by atoms with Gasteiger partial charge in [0.2, 0.25) is 0 Å². The molecule has 1 rings (SSSR count). The van der Waals surface area contributed by atoms with Gasteiger partial charge in [-0.3, -0.25) is 0 Å². The van der Waals surface area contributed by atoms with Crippen LogP contribution in [0.3, 0.4) is 0 Å². The zero-order valence-corrected chi connectivity index (χ0v) is 7.91. The highest BCUT2D eigenvalue weighted by Crippen LogP contribution is 2.34. The summed E-state index contributed by atoms with van der Waals surface area (Å²) in [6.45, 7) is 3.15. The Kier molecular flexibility index (Phi) is 2.66. The summed E-state index contributed by atoms with van der Waals surface area (Å²) in [7, 11) is 0. The van der Waals surface area contributed by atoms with Crippen molar-refractivity contribution >= 4 is 17.3 Å². The first kappa shape index (κ1) is 10.1. The molecule has 0 amide bonds. The Morgan fingerprint density at radius 3 is 2.31 bits per heavy atom. The molecule has 0 aromatic carbocycles. The van der Waals surface area contributed by atoms with Crippen LogP contribution in [0.25, 0.3) is 0 Å². The summed E-state index contributed by atoms with van der Waals surface area (Å²) >= 11 is 0.898. The van der Waals surface area contributed by atoms with Gasteiger partial charge in [0.15, 0.2) is 0 Å². The molecular weight excluding hydrogens is 198 g/mol. The molecule has 2 nitrogen and oxygen atoms in total. The zero-order chi connectivity index (χ0) is 10.2. The van der Waals surface area contributed by atoms with E-state index in [1.54, 1.807) is 6.92 Å². The highest BCUT2D eigenvalue weighted by atomic mass is 32.1. The monoisotopic (exact) mass is 206 g/mol. The molecule has 0 aliphatic carbocycles. The summed E-state index contributed by atoms with van der Waals surface area (Å²) in [4.78, 5) is 11.0. The van der Waals surface area contributed by atoms with Gasteiger partial charge in [0.05, 0.1) is 0 Å². The minimum atomic E-state index is -2.71. The molecule has 0 saturated carbocycles. The maximum absolute atomic E-state index is 12.4. The molecule has 0 radical (unpaired) electrons. The third kappa shape index (κ3) is 1.70. The van der Waals surface area contributed by atoms with Gasteiger partial charge < -0.3 is 5.11 Å². The maximum Gasteiger partial charge on any atom is 0.346 e. The molecule has 1 aromatic rings. The molecule has 0 fully saturated rings. The van der Waals surface area contributed by atoms with E-state index in [1.807, 2.05) is 0 Å². The van der Waals surface area contributed by atoms with E-state index in [0.717, 1.165) is 11.3 Å². The minimum Gasteiger partial charge on any atom is -0.477 e. The van der Waals surface area contributed by atoms with Crippen molar-refractivity contribution < 1.29 is 18.7 Å². The largest absolute Gasteiger partial charge is 0.477 e. The molecule has 1 N–H and O–H groups in total. The van der Waals surface area contributed by atoms with Crippen LogP contribution in [0.15, 0.2) is 0 Å². The third-order valence-corrected chi connectivity index (χ3v) is 3.06. The predicted octanol–water partition coefficient (Wildman–Crippen LogP) is 3.00. The van der Waals surface area contributed by atoms with Gasteiger partial charge in [-0.15, -0.1) is 11.3 Å². The highest BCUT2D eigenvalue weighted by molar-refractivity contribution is 7.14. The van der Waals surface area contributed by atoms with E-state index in [0.29, 0.717) is 10.4 Å². The molecule has 72 valence electrons. The number of carboxylic acids is 1. The second kappa shape index (κ2) is 3.41. The Balaban J connectivity index is 3.35. The van der Waals surface area contributed by atoms with E-state index in [4.69, 9.17) is 5.11 Å². The van der Waals surface area contributed by atoms with E-state index in [2.05, 4.69) is 0 Å². The Hall–Kier alpha value is -0.970. The van der Waals surface area contributed by atoms with Gasteiger partial charge in [-0.1, -0.05) is 0 Å². The fraction of sp³-hybridized carbons (Fsp3) is 0.375. The summed E-state index contributed by atoms with van der Waals surface area (Å²) in [6.07, 6.45) is -2.71. The summed E-state index contributed by atoms with van der Waals surface area (Å²) in [6, 6.07) is 0. The first-order chi connectivity index (χ1) is 5.95. The van der Waals surface area contributed by atoms with E-state index >= 15 is 0 Å². The van der Waals surface area contributed by atoms with Gasteiger partial charge in [-0.2, -0.15) is 0 Å². The quantitative estimate of drug-likeness (QED) is 0.807. The number of carbonyl (C=O) groups is 1. The molecule has 0 bridgehead atoms. The van der Waals surface area contributed by atoms with Crippen LogP contribution in [-0.2, 0) is 0 Å². The third-order valence-electron chi connectivity index (χ3n) is 1.84. The summed E-state index contributed by atoms with van der Waals surface area (Å²) in [5.41, 5.74) is 0.0485. The highest BCUT2D eigenvalue weighted by Gasteiger charge is 2.24. The van der Waals surface area contributed by atoms with Crippen LogP contribution < -0.4 is 0 Å². The van der Waals surface area contributed by atoms with Crippen LogP contribution in [0.2, 0.25) is 0 Å². The zero-order valence-electron chi connectivity index (χ0n) is 7.10. The lowest BCUT2D eigenvalue weighted by molar-refractivity contribution is 0.0691. The van der Waals surface area contributed by atoms with Gasteiger partial charge in [0.25, 0.3) is 6.43 Å². The molecule has 0 atom stereocenters. The summed E-state index contributed by atoms with van der Waals surface area (Å²) in [5.74, 6) is -1.28. The number of thiophene rings is 1. The minimum absolute atomic E-state index is 0.245. The van der Waals surface area contributed by atoms with Crippen LogP contribution in [0.1, 0.15) is 32.1 Å². The lowest BCUT2D eigenvalue weighted by atomic mass is 10.1. The van der Waals surface area contributed by atoms with Crippen LogP contribution >= 0.6 is 11.3 Å². The van der Waals surface area contributed by atoms with Gasteiger partial charge in [-0.25, -0.2) is 13.6 Å². The Labute approximate surface area is 77.8 Å². The molecule has 13 heavy (non-hydrogen) atoms. The smallest absolute Gasteiger partial charge is 0.346 e. The van der Waals surface area contributed by atoms with E-state index in [-0.39, 0.29) is 10.4 Å². The van der Waals surface area contributed by atoms with Crippen LogP contribution in [0.4, 0.5) is 8.78 Å². The molecule has 1 aromatic heterocycles. The summed E-state index contributed by atoms with van der Waals surface area (Å²) < 4.78 is 24.8. The average Bonchev–Trinajstić information content (AvgIpc) is 2.28. The molecule has 0 saturated heterocycles. The summed E-state index contributed by atoms with van der Waals surface area (Å²) in [5, 5.41) is 8.63. The molecule has 1 heterocycles. The van der Waals surface area contributed by atoms with Crippen molar-refractivity contribution in [2.75, 3.05) is 0 Å². The molecule has 5 heteroatoms. The van der Waals surface area contributed by atoms with Gasteiger partial charge in [-0.05, 0) is 19.4 Å². The van der Waals surface area contributed by atoms with Crippen molar-refractivity contribution in [2.45, 2.75) is 20.3 Å². The van der Waals surface area contributed by atoms with Crippen LogP contribution in [0, 0.1) is 13.8 Å². The van der Waals surface area contributed by atoms with E-state index < -0.39 is 12.4 Å². The second-order valence-corrected chi connectivity index (χ2v) is 3.86. The van der Waals surface area contributed by atoms with E-state index in [1.165, 1.54) is 6.92 Å². The normalized spacial score (nSPS) is 10.8. The number of hydrogen-bond acceptors (Lipinski definition) is 2. The Morgan fingerprint density at radius 1 is 1.46 bits per heavy atom. The average molecular weight is 206 g/mol. The van der Waals surface area contributed by atoms with Crippen molar-refractivity contribution in [1.29, 1.82) is 0 Å². The fourth-order valence-electron chi connectivity index (χ4n) is 1.07. The van der Waals surface area contributed by atoms with Crippen LogP contribution in [-0.4, -0.2) is 11.1 Å². The van der Waals surface area contributed by atoms with Gasteiger partial charge in [0, 0.05) is 10.4 Å². The molecule has 0 aliphatic rings. The second-order valence-electron chi connectivity index (χ2n) is 2.63. The topological polar surface area (TPSA) is 37.3 Å². The Morgan fingerprint density at radius 2 is 2.00 bits per heavy atom. The van der Waals surface area contributed by atoms with Crippen molar-refractivity contribution in [3.8, 4) is 0 Å². The Bertz CT molecular complexity index is 344. The lowest BCUT2D eigenvalue weighted by Gasteiger charge is -1.99. The first-order valence-corrected chi connectivity index (χ1v) is 4.38. The number of rotatable bonds is 2. The van der Waals surface area contributed by atoms with Gasteiger partial charge >= 0.3 is 5.97 Å². The number of hydrogen-bond donors (Lipinski definition) is 1. The maximum atomic E-state index is 12.4. The predicted molar refractivity (Wildman–Crippen MR) is 45.7 cm³/mol. The van der Waals surface area contributed by atoms with Crippen molar-refractivity contribution in [3.05, 3.63) is 20.9 Å². The molecule has 0 spiro atoms. The van der Waals surface area contributed by atoms with Crippen LogP contribution in [0.5, 0.6) is 0 Å². The number of carboxylic acid groups (broad SMARTS) is 1. The number of alkyl halides is 2. The number of aryl methyl sites for hydroxylation is 1.